The Morgan fingerprint density at radius 1 is 1.54 bits per heavy atom. The van der Waals surface area contributed by atoms with Gasteiger partial charge in [-0.3, -0.25) is 0 Å². The van der Waals surface area contributed by atoms with Crippen molar-refractivity contribution in [2.75, 3.05) is 17.3 Å². The van der Waals surface area contributed by atoms with Crippen LogP contribution in [0.15, 0.2) is 11.6 Å². The van der Waals surface area contributed by atoms with E-state index in [0.29, 0.717) is 10.8 Å². The summed E-state index contributed by atoms with van der Waals surface area (Å²) in [4.78, 5) is 10.6. The van der Waals surface area contributed by atoms with Gasteiger partial charge in [0.2, 0.25) is 0 Å². The summed E-state index contributed by atoms with van der Waals surface area (Å²) in [6.45, 7) is 1.67. The standard InChI is InChI=1S/C9H14O2S2/c1-7(9(10)11)5-8-6-12-3-2-4-13-8/h5,8H,2-4,6H2,1H3,(H,10,11)/b7-5+. The minimum absolute atomic E-state index is 0.392. The summed E-state index contributed by atoms with van der Waals surface area (Å²) in [5.74, 6) is 2.62. The molecule has 1 saturated heterocycles. The molecular weight excluding hydrogens is 204 g/mol. The van der Waals surface area contributed by atoms with Crippen molar-refractivity contribution in [3.63, 3.8) is 0 Å². The molecule has 0 aliphatic carbocycles. The smallest absolute Gasteiger partial charge is 0.330 e. The molecule has 1 heterocycles. The van der Waals surface area contributed by atoms with Crippen molar-refractivity contribution in [2.24, 2.45) is 0 Å². The molecule has 2 nitrogen and oxygen atoms in total. The molecule has 0 bridgehead atoms. The summed E-state index contributed by atoms with van der Waals surface area (Å²) in [5, 5.41) is 9.09. The lowest BCUT2D eigenvalue weighted by atomic mass is 10.2. The van der Waals surface area contributed by atoms with Gasteiger partial charge in [0.05, 0.1) is 0 Å². The van der Waals surface area contributed by atoms with Gasteiger partial charge in [-0.15, -0.1) is 0 Å². The van der Waals surface area contributed by atoms with E-state index in [-0.39, 0.29) is 0 Å². The second-order valence-corrected chi connectivity index (χ2v) is 5.49. The van der Waals surface area contributed by atoms with Crippen molar-refractivity contribution in [3.05, 3.63) is 11.6 Å². The van der Waals surface area contributed by atoms with Crippen LogP contribution in [-0.2, 0) is 4.79 Å². The van der Waals surface area contributed by atoms with Gasteiger partial charge in [-0.25, -0.2) is 4.79 Å². The van der Waals surface area contributed by atoms with Crippen LogP contribution in [0, 0.1) is 0 Å². The Balaban J connectivity index is 2.50. The van der Waals surface area contributed by atoms with Crippen molar-refractivity contribution in [3.8, 4) is 0 Å². The highest BCUT2D eigenvalue weighted by molar-refractivity contribution is 8.04. The number of carboxylic acids is 1. The molecule has 0 aromatic rings. The summed E-state index contributed by atoms with van der Waals surface area (Å²) in [7, 11) is 0. The van der Waals surface area contributed by atoms with Gasteiger partial charge < -0.3 is 5.11 Å². The van der Waals surface area contributed by atoms with E-state index in [9.17, 15) is 4.79 Å². The van der Waals surface area contributed by atoms with E-state index < -0.39 is 5.97 Å². The third-order valence-corrected chi connectivity index (χ3v) is 4.46. The zero-order valence-corrected chi connectivity index (χ0v) is 9.29. The SMILES string of the molecule is C/C(=C\C1CSCCCS1)C(=O)O. The molecule has 4 heteroatoms. The molecule has 0 radical (unpaired) electrons. The normalized spacial score (nSPS) is 25.3. The van der Waals surface area contributed by atoms with Crippen LogP contribution >= 0.6 is 23.5 Å². The molecule has 1 aliphatic rings. The highest BCUT2D eigenvalue weighted by atomic mass is 32.2. The molecule has 0 spiro atoms. The molecule has 1 rings (SSSR count). The van der Waals surface area contributed by atoms with Gasteiger partial charge >= 0.3 is 5.97 Å². The number of carbonyl (C=O) groups is 1. The first kappa shape index (κ1) is 11.0. The maximum atomic E-state index is 10.6. The van der Waals surface area contributed by atoms with Crippen LogP contribution in [0.1, 0.15) is 13.3 Å². The van der Waals surface area contributed by atoms with E-state index in [2.05, 4.69) is 0 Å². The molecule has 1 aliphatic heterocycles. The lowest BCUT2D eigenvalue weighted by molar-refractivity contribution is -0.132. The van der Waals surface area contributed by atoms with Crippen LogP contribution in [-0.4, -0.2) is 33.6 Å². The Morgan fingerprint density at radius 3 is 3.00 bits per heavy atom. The molecule has 1 atom stereocenters. The van der Waals surface area contributed by atoms with E-state index in [1.54, 1.807) is 6.92 Å². The minimum Gasteiger partial charge on any atom is -0.478 e. The average molecular weight is 218 g/mol. The lowest BCUT2D eigenvalue weighted by Gasteiger charge is -2.07. The summed E-state index contributed by atoms with van der Waals surface area (Å²) < 4.78 is 0. The first-order chi connectivity index (χ1) is 6.20. The van der Waals surface area contributed by atoms with Crippen LogP contribution in [0.5, 0.6) is 0 Å². The predicted molar refractivity (Wildman–Crippen MR) is 59.6 cm³/mol. The molecule has 13 heavy (non-hydrogen) atoms. The Bertz CT molecular complexity index is 206. The minimum atomic E-state index is -0.796. The Morgan fingerprint density at radius 2 is 2.31 bits per heavy atom. The second-order valence-electron chi connectivity index (χ2n) is 2.99. The molecule has 1 N–H and O–H groups in total. The predicted octanol–water partition coefficient (Wildman–Crippen LogP) is 2.26. The van der Waals surface area contributed by atoms with Gasteiger partial charge in [0.15, 0.2) is 0 Å². The van der Waals surface area contributed by atoms with Crippen LogP contribution < -0.4 is 0 Å². The first-order valence-electron chi connectivity index (χ1n) is 4.31. The van der Waals surface area contributed by atoms with Gasteiger partial charge in [-0.2, -0.15) is 23.5 Å². The van der Waals surface area contributed by atoms with E-state index in [1.165, 1.54) is 12.2 Å². The number of rotatable bonds is 2. The van der Waals surface area contributed by atoms with Crippen molar-refractivity contribution in [2.45, 2.75) is 18.6 Å². The largest absolute Gasteiger partial charge is 0.478 e. The van der Waals surface area contributed by atoms with Crippen molar-refractivity contribution in [1.82, 2.24) is 0 Å². The van der Waals surface area contributed by atoms with Gasteiger partial charge in [0, 0.05) is 16.6 Å². The summed E-state index contributed by atoms with van der Waals surface area (Å²) in [6, 6.07) is 0. The maximum absolute atomic E-state index is 10.6. The van der Waals surface area contributed by atoms with E-state index in [1.807, 2.05) is 29.6 Å². The third-order valence-electron chi connectivity index (χ3n) is 1.82. The zero-order chi connectivity index (χ0) is 9.68. The molecule has 0 saturated carbocycles. The van der Waals surface area contributed by atoms with Crippen molar-refractivity contribution < 1.29 is 9.90 Å². The number of hydrogen-bond donors (Lipinski definition) is 1. The van der Waals surface area contributed by atoms with Crippen LogP contribution in [0.3, 0.4) is 0 Å². The van der Waals surface area contributed by atoms with Gasteiger partial charge in [0.1, 0.15) is 0 Å². The Kier molecular flexibility index (Phi) is 4.73. The summed E-state index contributed by atoms with van der Waals surface area (Å²) in [6.07, 6.45) is 3.12. The number of hydrogen-bond acceptors (Lipinski definition) is 3. The fourth-order valence-electron chi connectivity index (χ4n) is 1.09. The Hall–Kier alpha value is -0.0900. The van der Waals surface area contributed by atoms with Crippen LogP contribution in [0.25, 0.3) is 0 Å². The molecule has 0 amide bonds. The molecule has 1 fully saturated rings. The molecule has 0 aromatic carbocycles. The summed E-state index contributed by atoms with van der Waals surface area (Å²) >= 11 is 3.79. The molecule has 0 aromatic heterocycles. The topological polar surface area (TPSA) is 37.3 Å². The maximum Gasteiger partial charge on any atom is 0.330 e. The number of thioether (sulfide) groups is 2. The molecular formula is C9H14O2S2. The third kappa shape index (κ3) is 4.09. The zero-order valence-electron chi connectivity index (χ0n) is 7.66. The van der Waals surface area contributed by atoms with Crippen LogP contribution in [0.2, 0.25) is 0 Å². The van der Waals surface area contributed by atoms with Crippen molar-refractivity contribution in [1.29, 1.82) is 0 Å². The first-order valence-corrected chi connectivity index (χ1v) is 6.51. The van der Waals surface area contributed by atoms with Gasteiger partial charge in [0.25, 0.3) is 0 Å². The molecule has 74 valence electrons. The highest BCUT2D eigenvalue weighted by Crippen LogP contribution is 2.24. The fraction of sp³-hybridized carbons (Fsp3) is 0.667. The number of aliphatic carboxylic acids is 1. The monoisotopic (exact) mass is 218 g/mol. The molecule has 1 unspecified atom stereocenters. The summed E-state index contributed by atoms with van der Waals surface area (Å²) in [5.41, 5.74) is 0.472. The fourth-order valence-corrected chi connectivity index (χ4v) is 3.70. The van der Waals surface area contributed by atoms with Crippen molar-refractivity contribution >= 4 is 29.5 Å². The number of carboxylic acid groups (broad SMARTS) is 1. The quantitative estimate of drug-likeness (QED) is 0.721. The second kappa shape index (κ2) is 5.60. The van der Waals surface area contributed by atoms with Crippen LogP contribution in [0.4, 0.5) is 0 Å². The van der Waals surface area contributed by atoms with Gasteiger partial charge in [-0.05, 0) is 24.9 Å². The lowest BCUT2D eigenvalue weighted by Crippen LogP contribution is -2.06. The van der Waals surface area contributed by atoms with E-state index in [4.69, 9.17) is 5.11 Å². The average Bonchev–Trinajstić information content (AvgIpc) is 2.32. The Labute approximate surface area is 87.2 Å². The highest BCUT2D eigenvalue weighted by Gasteiger charge is 2.12. The van der Waals surface area contributed by atoms with Gasteiger partial charge in [-0.1, -0.05) is 6.08 Å². The van der Waals surface area contributed by atoms with E-state index in [0.717, 1.165) is 11.5 Å². The van der Waals surface area contributed by atoms with E-state index >= 15 is 0 Å².